The largest absolute Gasteiger partial charge is 0.378 e. The van der Waals surface area contributed by atoms with Crippen LogP contribution in [0, 0.1) is 0 Å². The summed E-state index contributed by atoms with van der Waals surface area (Å²) in [4.78, 5) is 11.9. The summed E-state index contributed by atoms with van der Waals surface area (Å²) < 4.78 is 5.01. The zero-order valence-corrected chi connectivity index (χ0v) is 14.2. The fraction of sp³-hybridized carbons (Fsp3) is 0.278. The molecule has 4 nitrogen and oxygen atoms in total. The third-order valence-electron chi connectivity index (χ3n) is 3.61. The quantitative estimate of drug-likeness (QED) is 0.819. The van der Waals surface area contributed by atoms with Gasteiger partial charge in [0, 0.05) is 29.5 Å². The van der Waals surface area contributed by atoms with Gasteiger partial charge in [0.15, 0.2) is 0 Å². The molecule has 2 atom stereocenters. The van der Waals surface area contributed by atoms with E-state index in [9.17, 15) is 4.79 Å². The van der Waals surface area contributed by atoms with Crippen molar-refractivity contribution in [2.75, 3.05) is 17.7 Å². The van der Waals surface area contributed by atoms with Gasteiger partial charge < -0.3 is 15.4 Å². The van der Waals surface area contributed by atoms with Crippen LogP contribution in [0.5, 0.6) is 0 Å². The smallest absolute Gasteiger partial charge is 0.253 e. The van der Waals surface area contributed by atoms with Gasteiger partial charge >= 0.3 is 0 Å². The fourth-order valence-corrected chi connectivity index (χ4v) is 2.49. The van der Waals surface area contributed by atoms with Gasteiger partial charge in [0.1, 0.15) is 6.10 Å². The second-order valence-electron chi connectivity index (χ2n) is 5.34. The van der Waals surface area contributed by atoms with Gasteiger partial charge in [0.2, 0.25) is 0 Å². The van der Waals surface area contributed by atoms with E-state index in [1.54, 1.807) is 6.92 Å². The molecule has 0 aliphatic heterocycles. The maximum Gasteiger partial charge on any atom is 0.253 e. The van der Waals surface area contributed by atoms with Crippen molar-refractivity contribution in [3.63, 3.8) is 0 Å². The lowest BCUT2D eigenvalue weighted by Gasteiger charge is -2.18. The number of carbonyl (C=O) groups excluding carboxylic acids is 1. The van der Waals surface area contributed by atoms with E-state index < -0.39 is 6.10 Å². The zero-order valence-electron chi connectivity index (χ0n) is 13.5. The van der Waals surface area contributed by atoms with E-state index in [0.717, 1.165) is 22.0 Å². The van der Waals surface area contributed by atoms with E-state index in [1.165, 1.54) is 7.11 Å². The van der Waals surface area contributed by atoms with Crippen molar-refractivity contribution in [1.29, 1.82) is 0 Å². The Morgan fingerprint density at radius 3 is 2.48 bits per heavy atom. The number of nitrogens with one attached hydrogen (secondary N) is 2. The van der Waals surface area contributed by atoms with Gasteiger partial charge in [-0.05, 0) is 43.7 Å². The highest BCUT2D eigenvalue weighted by Crippen LogP contribution is 2.26. The first-order valence-electron chi connectivity index (χ1n) is 7.46. The molecule has 0 heterocycles. The average Bonchev–Trinajstić information content (AvgIpc) is 2.54. The highest BCUT2D eigenvalue weighted by molar-refractivity contribution is 6.31. The predicted octanol–water partition coefficient (Wildman–Crippen LogP) is 4.49. The molecule has 0 radical (unpaired) electrons. The van der Waals surface area contributed by atoms with Crippen LogP contribution < -0.4 is 10.6 Å². The number of carbonyl (C=O) groups is 1. The summed E-state index contributed by atoms with van der Waals surface area (Å²) in [5, 5.41) is 6.94. The van der Waals surface area contributed by atoms with E-state index in [4.69, 9.17) is 16.3 Å². The van der Waals surface area contributed by atoms with Crippen molar-refractivity contribution in [3.05, 3.63) is 59.1 Å². The molecule has 1 amide bonds. The molecule has 0 spiro atoms. The summed E-state index contributed by atoms with van der Waals surface area (Å²) in [6.07, 6.45) is -0.492. The van der Waals surface area contributed by atoms with Crippen LogP contribution in [-0.4, -0.2) is 19.1 Å². The summed E-state index contributed by atoms with van der Waals surface area (Å²) in [6.45, 7) is 3.75. The molecule has 2 rings (SSSR count). The van der Waals surface area contributed by atoms with Crippen molar-refractivity contribution in [1.82, 2.24) is 0 Å². The molecule has 2 aromatic carbocycles. The van der Waals surface area contributed by atoms with Gasteiger partial charge in [-0.1, -0.05) is 35.9 Å². The summed E-state index contributed by atoms with van der Waals surface area (Å²) in [5.41, 5.74) is 2.65. The number of benzene rings is 2. The molecule has 0 fully saturated rings. The molecule has 0 aromatic heterocycles. The molecule has 23 heavy (non-hydrogen) atoms. The number of ether oxygens (including phenoxy) is 1. The molecular formula is C18H21ClN2O2. The standard InChI is InChI=1S/C18H21ClN2O2/c1-12(16-9-4-5-10-17(16)19)20-14-7-6-8-15(11-14)21-18(22)13(2)23-3/h4-13,20H,1-3H3,(H,21,22). The first-order valence-corrected chi connectivity index (χ1v) is 7.83. The Kier molecular flexibility index (Phi) is 6.02. The normalized spacial score (nSPS) is 13.2. The molecule has 0 aliphatic rings. The Balaban J connectivity index is 2.08. The van der Waals surface area contributed by atoms with E-state index in [0.29, 0.717) is 0 Å². The third kappa shape index (κ3) is 4.71. The number of hydrogen-bond donors (Lipinski definition) is 2. The molecule has 2 unspecified atom stereocenters. The number of rotatable bonds is 6. The lowest BCUT2D eigenvalue weighted by molar-refractivity contribution is -0.124. The molecule has 0 saturated heterocycles. The lowest BCUT2D eigenvalue weighted by Crippen LogP contribution is -2.26. The van der Waals surface area contributed by atoms with Crippen molar-refractivity contribution < 1.29 is 9.53 Å². The number of anilines is 2. The van der Waals surface area contributed by atoms with E-state index >= 15 is 0 Å². The van der Waals surface area contributed by atoms with E-state index in [1.807, 2.05) is 55.5 Å². The van der Waals surface area contributed by atoms with Crippen LogP contribution >= 0.6 is 11.6 Å². The molecule has 122 valence electrons. The fourth-order valence-electron chi connectivity index (χ4n) is 2.19. The second-order valence-corrected chi connectivity index (χ2v) is 5.74. The zero-order chi connectivity index (χ0) is 16.8. The SMILES string of the molecule is COC(C)C(=O)Nc1cccc(NC(C)c2ccccc2Cl)c1. The molecule has 0 aliphatic carbocycles. The van der Waals surface area contributed by atoms with E-state index in [2.05, 4.69) is 10.6 Å². The molecule has 5 heteroatoms. The van der Waals surface area contributed by atoms with Crippen molar-refractivity contribution in [3.8, 4) is 0 Å². The predicted molar refractivity (Wildman–Crippen MR) is 95.0 cm³/mol. The van der Waals surface area contributed by atoms with Gasteiger partial charge in [-0.3, -0.25) is 4.79 Å². The van der Waals surface area contributed by atoms with Crippen LogP contribution in [0.25, 0.3) is 0 Å². The monoisotopic (exact) mass is 332 g/mol. The minimum atomic E-state index is -0.492. The summed E-state index contributed by atoms with van der Waals surface area (Å²) in [5.74, 6) is -0.177. The first-order chi connectivity index (χ1) is 11.0. The molecule has 0 saturated carbocycles. The van der Waals surface area contributed by atoms with Crippen LogP contribution in [0.1, 0.15) is 25.5 Å². The Bertz CT molecular complexity index is 676. The van der Waals surface area contributed by atoms with Gasteiger partial charge in [-0.2, -0.15) is 0 Å². The van der Waals surface area contributed by atoms with Gasteiger partial charge in [0.25, 0.3) is 5.91 Å². The summed E-state index contributed by atoms with van der Waals surface area (Å²) in [7, 11) is 1.51. The van der Waals surface area contributed by atoms with Crippen molar-refractivity contribution >= 4 is 28.9 Å². The average molecular weight is 333 g/mol. The minimum Gasteiger partial charge on any atom is -0.378 e. The Hall–Kier alpha value is -2.04. The highest BCUT2D eigenvalue weighted by Gasteiger charge is 2.12. The van der Waals surface area contributed by atoms with Crippen LogP contribution in [0.4, 0.5) is 11.4 Å². The number of methoxy groups -OCH3 is 1. The molecular weight excluding hydrogens is 312 g/mol. The topological polar surface area (TPSA) is 50.4 Å². The number of halogens is 1. The van der Waals surface area contributed by atoms with Gasteiger partial charge in [-0.25, -0.2) is 0 Å². The summed E-state index contributed by atoms with van der Waals surface area (Å²) >= 11 is 6.23. The number of amides is 1. The summed E-state index contributed by atoms with van der Waals surface area (Å²) in [6, 6.07) is 15.3. The third-order valence-corrected chi connectivity index (χ3v) is 3.95. The molecule has 2 N–H and O–H groups in total. The van der Waals surface area contributed by atoms with Crippen molar-refractivity contribution in [2.24, 2.45) is 0 Å². The molecule has 2 aromatic rings. The maximum absolute atomic E-state index is 11.9. The van der Waals surface area contributed by atoms with E-state index in [-0.39, 0.29) is 11.9 Å². The highest BCUT2D eigenvalue weighted by atomic mass is 35.5. The minimum absolute atomic E-state index is 0.0487. The Morgan fingerprint density at radius 2 is 1.78 bits per heavy atom. The first kappa shape index (κ1) is 17.3. The van der Waals surface area contributed by atoms with Crippen LogP contribution in [0.15, 0.2) is 48.5 Å². The lowest BCUT2D eigenvalue weighted by atomic mass is 10.1. The number of hydrogen-bond acceptors (Lipinski definition) is 3. The second kappa shape index (κ2) is 7.99. The Morgan fingerprint density at radius 1 is 1.09 bits per heavy atom. The van der Waals surface area contributed by atoms with Gasteiger partial charge in [0.05, 0.1) is 0 Å². The molecule has 0 bridgehead atoms. The van der Waals surface area contributed by atoms with Crippen LogP contribution in [-0.2, 0) is 9.53 Å². The maximum atomic E-state index is 11.9. The van der Waals surface area contributed by atoms with Crippen LogP contribution in [0.3, 0.4) is 0 Å². The van der Waals surface area contributed by atoms with Gasteiger partial charge in [-0.15, -0.1) is 0 Å². The Labute approximate surface area is 141 Å². The van der Waals surface area contributed by atoms with Crippen molar-refractivity contribution in [2.45, 2.75) is 26.0 Å². The van der Waals surface area contributed by atoms with Crippen LogP contribution in [0.2, 0.25) is 5.02 Å².